The number of benzene rings is 5. The number of hydrogen-bond donors (Lipinski definition) is 0. The Bertz CT molecular complexity index is 1980. The molecule has 0 spiro atoms. The second-order valence-corrected chi connectivity index (χ2v) is 10.4. The van der Waals surface area contributed by atoms with Crippen molar-refractivity contribution in [2.24, 2.45) is 0 Å². The molecule has 37 heavy (non-hydrogen) atoms. The van der Waals surface area contributed by atoms with Crippen LogP contribution in [-0.4, -0.2) is 0 Å². The minimum absolute atomic E-state index is 0.967. The standard InChI is InChI=1S/C36H26O/c1-2-7-30-23(6-1)12-13-24-14-15-28(22-34(24)30)26-16-17-27-21-29(19-18-25(27)20-26)31-9-5-10-33-32-8-3-4-11-35(32)37-36(31)33/h1-15,20-22H,16-19H2. The number of rotatable bonds is 2. The van der Waals surface area contributed by atoms with Crippen LogP contribution in [0.3, 0.4) is 0 Å². The molecule has 0 radical (unpaired) electrons. The molecule has 5 aromatic carbocycles. The minimum Gasteiger partial charge on any atom is -0.455 e. The summed E-state index contributed by atoms with van der Waals surface area (Å²) < 4.78 is 6.34. The predicted octanol–water partition coefficient (Wildman–Crippen LogP) is 10.2. The van der Waals surface area contributed by atoms with Gasteiger partial charge in [0.15, 0.2) is 0 Å². The van der Waals surface area contributed by atoms with E-state index in [1.807, 2.05) is 6.07 Å². The van der Waals surface area contributed by atoms with Gasteiger partial charge in [0.05, 0.1) is 0 Å². The van der Waals surface area contributed by atoms with Gasteiger partial charge < -0.3 is 4.42 Å². The SMILES string of the molecule is C1=C(c2ccc3ccc4ccccc4c3c2)CCC2=C1CCC(c1cccc3c1oc1ccccc13)=C2. The van der Waals surface area contributed by atoms with Crippen molar-refractivity contribution in [2.75, 3.05) is 0 Å². The van der Waals surface area contributed by atoms with Crippen molar-refractivity contribution in [1.82, 2.24) is 0 Å². The second kappa shape index (κ2) is 8.08. The van der Waals surface area contributed by atoms with E-state index in [9.17, 15) is 0 Å². The molecule has 0 amide bonds. The molecule has 0 unspecified atom stereocenters. The summed E-state index contributed by atoms with van der Waals surface area (Å²) >= 11 is 0. The summed E-state index contributed by atoms with van der Waals surface area (Å²) in [5.41, 5.74) is 10.4. The van der Waals surface area contributed by atoms with Gasteiger partial charge >= 0.3 is 0 Å². The van der Waals surface area contributed by atoms with Gasteiger partial charge in [-0.05, 0) is 87.2 Å². The van der Waals surface area contributed by atoms with Gasteiger partial charge in [0.2, 0.25) is 0 Å². The van der Waals surface area contributed by atoms with Gasteiger partial charge in [-0.2, -0.15) is 0 Å². The molecular weight excluding hydrogens is 448 g/mol. The Balaban J connectivity index is 1.19. The molecule has 2 aliphatic carbocycles. The van der Waals surface area contributed by atoms with Crippen LogP contribution in [0.2, 0.25) is 0 Å². The number of hydrogen-bond acceptors (Lipinski definition) is 1. The van der Waals surface area contributed by atoms with Gasteiger partial charge in [-0.25, -0.2) is 0 Å². The third-order valence-corrected chi connectivity index (χ3v) is 8.30. The van der Waals surface area contributed by atoms with Crippen molar-refractivity contribution >= 4 is 54.6 Å². The average Bonchev–Trinajstić information content (AvgIpc) is 3.35. The van der Waals surface area contributed by atoms with Crippen molar-refractivity contribution in [3.8, 4) is 0 Å². The predicted molar refractivity (Wildman–Crippen MR) is 157 cm³/mol. The molecule has 0 N–H and O–H groups in total. The molecule has 1 aromatic heterocycles. The van der Waals surface area contributed by atoms with E-state index in [0.29, 0.717) is 0 Å². The van der Waals surface area contributed by atoms with E-state index < -0.39 is 0 Å². The Morgan fingerprint density at radius 2 is 1.16 bits per heavy atom. The second-order valence-electron chi connectivity index (χ2n) is 10.4. The third-order valence-electron chi connectivity index (χ3n) is 8.30. The highest BCUT2D eigenvalue weighted by Gasteiger charge is 2.21. The average molecular weight is 475 g/mol. The number of furan rings is 1. The van der Waals surface area contributed by atoms with Crippen LogP contribution in [0.1, 0.15) is 36.8 Å². The van der Waals surface area contributed by atoms with Crippen LogP contribution < -0.4 is 0 Å². The van der Waals surface area contributed by atoms with E-state index in [1.165, 1.54) is 65.7 Å². The van der Waals surface area contributed by atoms with Crippen LogP contribution in [0, 0.1) is 0 Å². The van der Waals surface area contributed by atoms with Gasteiger partial charge in [-0.3, -0.25) is 0 Å². The molecule has 1 heterocycles. The lowest BCUT2D eigenvalue weighted by atomic mass is 9.80. The molecule has 1 heteroatoms. The molecule has 0 saturated heterocycles. The quantitative estimate of drug-likeness (QED) is 0.228. The summed E-state index contributed by atoms with van der Waals surface area (Å²) in [6.07, 6.45) is 9.21. The number of fused-ring (bicyclic) bond motifs is 6. The molecule has 6 aromatic rings. The van der Waals surface area contributed by atoms with Crippen LogP contribution in [0.5, 0.6) is 0 Å². The molecule has 0 saturated carbocycles. The fraction of sp³-hybridized carbons (Fsp3) is 0.111. The third kappa shape index (κ3) is 3.31. The molecular formula is C36H26O. The van der Waals surface area contributed by atoms with E-state index in [0.717, 1.165) is 36.8 Å². The topological polar surface area (TPSA) is 13.1 Å². The van der Waals surface area contributed by atoms with Crippen molar-refractivity contribution in [3.63, 3.8) is 0 Å². The summed E-state index contributed by atoms with van der Waals surface area (Å²) in [5.74, 6) is 0. The zero-order valence-corrected chi connectivity index (χ0v) is 20.6. The molecule has 0 fully saturated rings. The fourth-order valence-corrected chi connectivity index (χ4v) is 6.40. The lowest BCUT2D eigenvalue weighted by Crippen LogP contribution is -2.04. The van der Waals surface area contributed by atoms with Gasteiger partial charge in [-0.1, -0.05) is 97.1 Å². The van der Waals surface area contributed by atoms with Crippen LogP contribution >= 0.6 is 0 Å². The molecule has 176 valence electrons. The van der Waals surface area contributed by atoms with Crippen molar-refractivity contribution < 1.29 is 4.42 Å². The molecule has 2 aliphatic rings. The first-order valence-corrected chi connectivity index (χ1v) is 13.3. The normalized spacial score (nSPS) is 15.9. The van der Waals surface area contributed by atoms with Crippen LogP contribution in [0.15, 0.2) is 125 Å². The van der Waals surface area contributed by atoms with Gasteiger partial charge in [-0.15, -0.1) is 0 Å². The first-order valence-electron chi connectivity index (χ1n) is 13.3. The molecule has 0 bridgehead atoms. The van der Waals surface area contributed by atoms with Crippen molar-refractivity contribution in [2.45, 2.75) is 25.7 Å². The van der Waals surface area contributed by atoms with E-state index in [2.05, 4.69) is 103 Å². The molecule has 0 aliphatic heterocycles. The summed E-state index contributed by atoms with van der Waals surface area (Å²) in [6.45, 7) is 0. The van der Waals surface area contributed by atoms with E-state index in [4.69, 9.17) is 4.42 Å². The Morgan fingerprint density at radius 1 is 0.486 bits per heavy atom. The summed E-state index contributed by atoms with van der Waals surface area (Å²) in [4.78, 5) is 0. The Labute approximate surface area is 216 Å². The Morgan fingerprint density at radius 3 is 2.05 bits per heavy atom. The monoisotopic (exact) mass is 474 g/mol. The maximum absolute atomic E-state index is 6.34. The molecule has 8 rings (SSSR count). The number of allylic oxidation sites excluding steroid dienone is 6. The zero-order valence-electron chi connectivity index (χ0n) is 20.6. The highest BCUT2D eigenvalue weighted by Crippen LogP contribution is 2.42. The van der Waals surface area contributed by atoms with Gasteiger partial charge in [0.1, 0.15) is 11.2 Å². The Hall–Kier alpha value is -4.36. The number of para-hydroxylation sites is 2. The summed E-state index contributed by atoms with van der Waals surface area (Å²) in [7, 11) is 0. The van der Waals surface area contributed by atoms with E-state index in [-0.39, 0.29) is 0 Å². The molecule has 0 atom stereocenters. The van der Waals surface area contributed by atoms with Gasteiger partial charge in [0, 0.05) is 16.3 Å². The van der Waals surface area contributed by atoms with Crippen LogP contribution in [0.4, 0.5) is 0 Å². The van der Waals surface area contributed by atoms with Crippen molar-refractivity contribution in [1.29, 1.82) is 0 Å². The first-order chi connectivity index (χ1) is 18.3. The van der Waals surface area contributed by atoms with Gasteiger partial charge in [0.25, 0.3) is 0 Å². The Kier molecular flexibility index (Phi) is 4.54. The highest BCUT2D eigenvalue weighted by molar-refractivity contribution is 6.09. The lowest BCUT2D eigenvalue weighted by Gasteiger charge is -2.24. The zero-order chi connectivity index (χ0) is 24.3. The summed E-state index contributed by atoms with van der Waals surface area (Å²) in [5, 5.41) is 7.71. The fourth-order valence-electron chi connectivity index (χ4n) is 6.40. The highest BCUT2D eigenvalue weighted by atomic mass is 16.3. The summed E-state index contributed by atoms with van der Waals surface area (Å²) in [6, 6.07) is 35.1. The van der Waals surface area contributed by atoms with Crippen LogP contribution in [-0.2, 0) is 0 Å². The van der Waals surface area contributed by atoms with E-state index >= 15 is 0 Å². The van der Waals surface area contributed by atoms with E-state index in [1.54, 1.807) is 0 Å². The molecule has 1 nitrogen and oxygen atoms in total. The lowest BCUT2D eigenvalue weighted by molar-refractivity contribution is 0.667. The minimum atomic E-state index is 0.967. The maximum atomic E-state index is 6.34. The smallest absolute Gasteiger partial charge is 0.142 e. The largest absolute Gasteiger partial charge is 0.455 e. The van der Waals surface area contributed by atoms with Crippen molar-refractivity contribution in [3.05, 3.63) is 131 Å². The maximum Gasteiger partial charge on any atom is 0.142 e. The first kappa shape index (κ1) is 20.8. The van der Waals surface area contributed by atoms with Crippen LogP contribution in [0.25, 0.3) is 54.6 Å².